The van der Waals surface area contributed by atoms with Crippen LogP contribution in [0.15, 0.2) is 36.4 Å². The van der Waals surface area contributed by atoms with E-state index in [0.29, 0.717) is 12.1 Å². The molecule has 0 heterocycles. The summed E-state index contributed by atoms with van der Waals surface area (Å²) in [6, 6.07) is 10.8. The predicted molar refractivity (Wildman–Crippen MR) is 94.1 cm³/mol. The van der Waals surface area contributed by atoms with E-state index in [9.17, 15) is 4.39 Å². The van der Waals surface area contributed by atoms with E-state index in [0.717, 1.165) is 33.6 Å². The molecular weight excluding hydrogens is 395 g/mol. The van der Waals surface area contributed by atoms with Gasteiger partial charge in [-0.25, -0.2) is 4.39 Å². The van der Waals surface area contributed by atoms with E-state index in [4.69, 9.17) is 9.47 Å². The molecule has 3 nitrogen and oxygen atoms in total. The van der Waals surface area contributed by atoms with E-state index in [1.165, 1.54) is 6.07 Å². The number of benzene rings is 2. The smallest absolute Gasteiger partial charge is 0.132 e. The zero-order valence-electron chi connectivity index (χ0n) is 12.7. The summed E-state index contributed by atoms with van der Waals surface area (Å²) < 4.78 is 25.3. The van der Waals surface area contributed by atoms with Gasteiger partial charge in [0.2, 0.25) is 0 Å². The fourth-order valence-corrected chi connectivity index (χ4v) is 2.87. The summed E-state index contributed by atoms with van der Waals surface area (Å²) in [5.41, 5.74) is 1.75. The van der Waals surface area contributed by atoms with E-state index >= 15 is 0 Å². The van der Waals surface area contributed by atoms with Crippen molar-refractivity contribution < 1.29 is 13.9 Å². The van der Waals surface area contributed by atoms with Crippen molar-refractivity contribution in [2.24, 2.45) is 0 Å². The summed E-state index contributed by atoms with van der Waals surface area (Å²) in [7, 11) is 3.32. The van der Waals surface area contributed by atoms with E-state index in [2.05, 4.69) is 27.9 Å². The predicted octanol–water partition coefficient (Wildman–Crippen LogP) is 3.78. The second-order valence-corrected chi connectivity index (χ2v) is 5.98. The first-order chi connectivity index (χ1) is 10.7. The number of rotatable bonds is 7. The van der Waals surface area contributed by atoms with Gasteiger partial charge in [-0.05, 0) is 59.3 Å². The van der Waals surface area contributed by atoms with Crippen LogP contribution in [0, 0.1) is 9.39 Å². The zero-order chi connectivity index (χ0) is 15.9. The molecule has 0 bridgehead atoms. The third-order valence-electron chi connectivity index (χ3n) is 3.40. The number of halogens is 2. The summed E-state index contributed by atoms with van der Waals surface area (Å²) in [6.07, 6.45) is 0.783. The van der Waals surface area contributed by atoms with Crippen molar-refractivity contribution in [3.8, 4) is 11.5 Å². The maximum absolute atomic E-state index is 13.5. The standard InChI is InChI=1S/C17H19FINO2/c1-21-16-10-15(19)17(22-2)9-12(16)7-8-20-11-13-5-3-4-6-14(13)18/h3-6,9-10,20H,7-8,11H2,1-2H3/i1-1. The molecule has 0 amide bonds. The molecule has 0 radical (unpaired) electrons. The van der Waals surface area contributed by atoms with Crippen LogP contribution in [-0.2, 0) is 13.0 Å². The highest BCUT2D eigenvalue weighted by atomic mass is 127. The van der Waals surface area contributed by atoms with Gasteiger partial charge < -0.3 is 14.8 Å². The Morgan fingerprint density at radius 3 is 2.45 bits per heavy atom. The van der Waals surface area contributed by atoms with Crippen LogP contribution in [0.25, 0.3) is 0 Å². The Morgan fingerprint density at radius 2 is 1.77 bits per heavy atom. The summed E-state index contributed by atoms with van der Waals surface area (Å²) in [5, 5.41) is 3.26. The van der Waals surface area contributed by atoms with Gasteiger partial charge in [0.15, 0.2) is 0 Å². The quantitative estimate of drug-likeness (QED) is 0.553. The van der Waals surface area contributed by atoms with E-state index in [1.54, 1.807) is 26.4 Å². The molecule has 1 N–H and O–H groups in total. The van der Waals surface area contributed by atoms with Gasteiger partial charge in [-0.15, -0.1) is 0 Å². The SMILES string of the molecule is COc1cc(CCNCc2ccccc2F)c(O[11CH3])cc1I. The Labute approximate surface area is 144 Å². The van der Waals surface area contributed by atoms with Gasteiger partial charge in [0.05, 0.1) is 17.8 Å². The molecule has 2 aromatic carbocycles. The van der Waals surface area contributed by atoms with E-state index in [-0.39, 0.29) is 5.82 Å². The summed E-state index contributed by atoms with van der Waals surface area (Å²) in [6.45, 7) is 1.24. The van der Waals surface area contributed by atoms with Gasteiger partial charge in [0.25, 0.3) is 0 Å². The first-order valence-corrected chi connectivity index (χ1v) is 8.08. The molecule has 0 aliphatic heterocycles. The van der Waals surface area contributed by atoms with Gasteiger partial charge in [-0.2, -0.15) is 0 Å². The Kier molecular flexibility index (Phi) is 6.45. The van der Waals surface area contributed by atoms with E-state index < -0.39 is 0 Å². The molecular formula is C17H19FINO2. The molecule has 2 aromatic rings. The lowest BCUT2D eigenvalue weighted by atomic mass is 10.1. The normalized spacial score (nSPS) is 10.5. The molecule has 0 aliphatic rings. The maximum Gasteiger partial charge on any atom is 0.132 e. The summed E-state index contributed by atoms with van der Waals surface area (Å²) in [4.78, 5) is 0. The average molecular weight is 414 g/mol. The first kappa shape index (κ1) is 17.0. The van der Waals surface area contributed by atoms with Crippen molar-refractivity contribution in [1.82, 2.24) is 5.32 Å². The Morgan fingerprint density at radius 1 is 1.05 bits per heavy atom. The monoisotopic (exact) mass is 414 g/mol. The van der Waals surface area contributed by atoms with Crippen LogP contribution in [0.2, 0.25) is 0 Å². The highest BCUT2D eigenvalue weighted by molar-refractivity contribution is 14.1. The number of ether oxygens (including phenoxy) is 2. The lowest BCUT2D eigenvalue weighted by molar-refractivity contribution is 0.396. The second kappa shape index (κ2) is 8.33. The van der Waals surface area contributed by atoms with Gasteiger partial charge in [-0.3, -0.25) is 0 Å². The van der Waals surface area contributed by atoms with E-state index in [1.807, 2.05) is 18.2 Å². The Bertz CT molecular complexity index is 634. The molecule has 2 rings (SSSR count). The second-order valence-electron chi connectivity index (χ2n) is 4.82. The Hall–Kier alpha value is -1.34. The maximum atomic E-state index is 13.5. The van der Waals surface area contributed by atoms with Crippen LogP contribution < -0.4 is 14.8 Å². The minimum atomic E-state index is -0.177. The number of methoxy groups -OCH3 is 2. The molecule has 118 valence electrons. The van der Waals surface area contributed by atoms with Crippen molar-refractivity contribution in [3.05, 3.63) is 56.9 Å². The molecule has 0 fully saturated rings. The highest BCUT2D eigenvalue weighted by Gasteiger charge is 2.09. The molecule has 0 atom stereocenters. The molecule has 5 heteroatoms. The zero-order valence-corrected chi connectivity index (χ0v) is 14.8. The number of nitrogens with one attached hydrogen (secondary N) is 1. The van der Waals surface area contributed by atoms with Crippen LogP contribution in [0.5, 0.6) is 11.5 Å². The van der Waals surface area contributed by atoms with Crippen LogP contribution in [0.1, 0.15) is 11.1 Å². The van der Waals surface area contributed by atoms with Gasteiger partial charge >= 0.3 is 0 Å². The van der Waals surface area contributed by atoms with Crippen molar-refractivity contribution in [1.29, 1.82) is 0 Å². The Balaban J connectivity index is 1.95. The van der Waals surface area contributed by atoms with Crippen LogP contribution in [0.3, 0.4) is 0 Å². The molecule has 0 aromatic heterocycles. The first-order valence-electron chi connectivity index (χ1n) is 7.00. The van der Waals surface area contributed by atoms with Crippen LogP contribution in [-0.4, -0.2) is 20.8 Å². The van der Waals surface area contributed by atoms with Gasteiger partial charge in [-0.1, -0.05) is 18.2 Å². The third kappa shape index (κ3) is 4.33. The molecule has 0 aliphatic carbocycles. The molecule has 0 saturated carbocycles. The summed E-state index contributed by atoms with van der Waals surface area (Å²) >= 11 is 2.22. The minimum absolute atomic E-state index is 0.177. The lowest BCUT2D eigenvalue weighted by Crippen LogP contribution is -2.17. The molecule has 0 unspecified atom stereocenters. The van der Waals surface area contributed by atoms with Gasteiger partial charge in [0, 0.05) is 12.1 Å². The van der Waals surface area contributed by atoms with Crippen molar-refractivity contribution in [3.63, 3.8) is 0 Å². The largest absolute Gasteiger partial charge is 0.496 e. The van der Waals surface area contributed by atoms with Gasteiger partial charge in [0.1, 0.15) is 17.3 Å². The summed E-state index contributed by atoms with van der Waals surface area (Å²) in [5.74, 6) is 1.51. The van der Waals surface area contributed by atoms with Crippen LogP contribution in [0.4, 0.5) is 4.39 Å². The fourth-order valence-electron chi connectivity index (χ4n) is 2.21. The van der Waals surface area contributed by atoms with Crippen molar-refractivity contribution in [2.75, 3.05) is 20.8 Å². The third-order valence-corrected chi connectivity index (χ3v) is 4.24. The van der Waals surface area contributed by atoms with Crippen molar-refractivity contribution in [2.45, 2.75) is 13.0 Å². The number of hydrogen-bond acceptors (Lipinski definition) is 3. The highest BCUT2D eigenvalue weighted by Crippen LogP contribution is 2.30. The molecule has 0 spiro atoms. The number of hydrogen-bond donors (Lipinski definition) is 1. The average Bonchev–Trinajstić information content (AvgIpc) is 2.53. The minimum Gasteiger partial charge on any atom is -0.496 e. The molecule has 0 saturated heterocycles. The molecule has 22 heavy (non-hydrogen) atoms. The topological polar surface area (TPSA) is 30.5 Å². The fraction of sp³-hybridized carbons (Fsp3) is 0.294. The van der Waals surface area contributed by atoms with Crippen molar-refractivity contribution >= 4 is 22.6 Å². The lowest BCUT2D eigenvalue weighted by Gasteiger charge is -2.13. The van der Waals surface area contributed by atoms with Crippen LogP contribution >= 0.6 is 22.6 Å².